The van der Waals surface area contributed by atoms with Gasteiger partial charge in [-0.25, -0.2) is 4.39 Å². The molecule has 3 rings (SSSR count). The fourth-order valence-electron chi connectivity index (χ4n) is 3.30. The minimum absolute atomic E-state index is 0.0124. The lowest BCUT2D eigenvalue weighted by atomic mass is 10.1. The van der Waals surface area contributed by atoms with Gasteiger partial charge < -0.3 is 15.0 Å². The van der Waals surface area contributed by atoms with E-state index in [1.807, 2.05) is 25.1 Å². The van der Waals surface area contributed by atoms with Crippen LogP contribution >= 0.6 is 0 Å². The molecular weight excluding hydrogens is 345 g/mol. The van der Waals surface area contributed by atoms with E-state index < -0.39 is 0 Å². The second-order valence-corrected chi connectivity index (χ2v) is 6.81. The molecule has 1 N–H and O–H groups in total. The van der Waals surface area contributed by atoms with Crippen LogP contribution in [0, 0.1) is 5.82 Å². The lowest BCUT2D eigenvalue weighted by Crippen LogP contribution is -2.49. The molecule has 0 aromatic heterocycles. The quantitative estimate of drug-likeness (QED) is 0.848. The first-order valence-electron chi connectivity index (χ1n) is 9.21. The number of nitrogens with zero attached hydrogens (tertiary/aromatic N) is 2. The summed E-state index contributed by atoms with van der Waals surface area (Å²) in [4.78, 5) is 16.8. The topological polar surface area (TPSA) is 44.8 Å². The van der Waals surface area contributed by atoms with Crippen LogP contribution in [0.5, 0.6) is 5.75 Å². The minimum atomic E-state index is -0.272. The van der Waals surface area contributed by atoms with Gasteiger partial charge in [0.25, 0.3) is 0 Å². The van der Waals surface area contributed by atoms with Gasteiger partial charge in [0.15, 0.2) is 0 Å². The number of benzene rings is 2. The van der Waals surface area contributed by atoms with E-state index >= 15 is 0 Å². The van der Waals surface area contributed by atoms with Gasteiger partial charge in [0.05, 0.1) is 19.7 Å². The SMILES string of the molecule is COc1cccc(N2CCN(CC(=O)NC(C)c3ccc(F)cc3)CC2)c1. The van der Waals surface area contributed by atoms with Crippen molar-refractivity contribution in [2.75, 3.05) is 44.7 Å². The van der Waals surface area contributed by atoms with Crippen LogP contribution < -0.4 is 15.0 Å². The fourth-order valence-corrected chi connectivity index (χ4v) is 3.30. The van der Waals surface area contributed by atoms with E-state index in [9.17, 15) is 9.18 Å². The highest BCUT2D eigenvalue weighted by atomic mass is 19.1. The molecule has 2 aromatic rings. The Bertz CT molecular complexity index is 758. The summed E-state index contributed by atoms with van der Waals surface area (Å²) in [6.45, 7) is 5.68. The Balaban J connectivity index is 1.47. The van der Waals surface area contributed by atoms with Crippen molar-refractivity contribution in [1.82, 2.24) is 10.2 Å². The largest absolute Gasteiger partial charge is 0.497 e. The van der Waals surface area contributed by atoms with Gasteiger partial charge in [0.1, 0.15) is 11.6 Å². The molecule has 0 radical (unpaired) electrons. The van der Waals surface area contributed by atoms with Gasteiger partial charge in [-0.1, -0.05) is 18.2 Å². The number of methoxy groups -OCH3 is 1. The van der Waals surface area contributed by atoms with Crippen LogP contribution in [0.3, 0.4) is 0 Å². The zero-order valence-corrected chi connectivity index (χ0v) is 15.8. The molecule has 1 unspecified atom stereocenters. The number of ether oxygens (including phenoxy) is 1. The summed E-state index contributed by atoms with van der Waals surface area (Å²) in [5, 5.41) is 2.99. The zero-order valence-electron chi connectivity index (χ0n) is 15.8. The molecule has 1 heterocycles. The van der Waals surface area contributed by atoms with Gasteiger partial charge in [-0.05, 0) is 36.8 Å². The van der Waals surface area contributed by atoms with E-state index in [4.69, 9.17) is 4.74 Å². The Labute approximate surface area is 159 Å². The summed E-state index contributed by atoms with van der Waals surface area (Å²) in [6, 6.07) is 14.1. The van der Waals surface area contributed by atoms with Crippen molar-refractivity contribution in [3.63, 3.8) is 0 Å². The predicted octanol–water partition coefficient (Wildman–Crippen LogP) is 2.83. The average molecular weight is 371 g/mol. The van der Waals surface area contributed by atoms with E-state index in [-0.39, 0.29) is 17.8 Å². The molecule has 0 spiro atoms. The van der Waals surface area contributed by atoms with Gasteiger partial charge in [-0.15, -0.1) is 0 Å². The van der Waals surface area contributed by atoms with Crippen molar-refractivity contribution in [3.05, 3.63) is 59.9 Å². The van der Waals surface area contributed by atoms with Crippen LogP contribution in [-0.4, -0.2) is 50.6 Å². The molecule has 1 aliphatic rings. The number of piperazine rings is 1. The van der Waals surface area contributed by atoms with Crippen LogP contribution in [0.15, 0.2) is 48.5 Å². The highest BCUT2D eigenvalue weighted by Gasteiger charge is 2.20. The van der Waals surface area contributed by atoms with Crippen LogP contribution in [-0.2, 0) is 4.79 Å². The van der Waals surface area contributed by atoms with E-state index in [1.54, 1.807) is 19.2 Å². The van der Waals surface area contributed by atoms with E-state index in [2.05, 4.69) is 21.2 Å². The molecule has 0 aliphatic carbocycles. The Hall–Kier alpha value is -2.60. The van der Waals surface area contributed by atoms with Crippen molar-refractivity contribution < 1.29 is 13.9 Å². The minimum Gasteiger partial charge on any atom is -0.497 e. The molecule has 144 valence electrons. The Morgan fingerprint density at radius 1 is 1.15 bits per heavy atom. The third-order valence-corrected chi connectivity index (χ3v) is 4.91. The first-order chi connectivity index (χ1) is 13.0. The molecule has 1 atom stereocenters. The lowest BCUT2D eigenvalue weighted by molar-refractivity contribution is -0.123. The summed E-state index contributed by atoms with van der Waals surface area (Å²) >= 11 is 0. The maximum atomic E-state index is 13.0. The molecule has 2 aromatic carbocycles. The molecule has 5 nitrogen and oxygen atoms in total. The molecule has 1 amide bonds. The van der Waals surface area contributed by atoms with Gasteiger partial charge in [0.2, 0.25) is 5.91 Å². The van der Waals surface area contributed by atoms with E-state index in [1.165, 1.54) is 12.1 Å². The monoisotopic (exact) mass is 371 g/mol. The van der Waals surface area contributed by atoms with Crippen molar-refractivity contribution in [3.8, 4) is 5.75 Å². The van der Waals surface area contributed by atoms with Crippen molar-refractivity contribution in [1.29, 1.82) is 0 Å². The van der Waals surface area contributed by atoms with Crippen LogP contribution in [0.25, 0.3) is 0 Å². The highest BCUT2D eigenvalue weighted by Crippen LogP contribution is 2.22. The molecule has 1 saturated heterocycles. The number of carbonyl (C=O) groups is 1. The van der Waals surface area contributed by atoms with Crippen molar-refractivity contribution in [2.24, 2.45) is 0 Å². The Morgan fingerprint density at radius 2 is 1.85 bits per heavy atom. The second-order valence-electron chi connectivity index (χ2n) is 6.81. The molecule has 1 aliphatic heterocycles. The standard InChI is InChI=1S/C21H26FN3O2/c1-16(17-6-8-18(22)9-7-17)23-21(26)15-24-10-12-25(13-11-24)19-4-3-5-20(14-19)27-2/h3-9,14,16H,10-13,15H2,1-2H3,(H,23,26). The number of carbonyl (C=O) groups excluding carboxylic acids is 1. The van der Waals surface area contributed by atoms with Crippen LogP contribution in [0.1, 0.15) is 18.5 Å². The normalized spacial score (nSPS) is 16.0. The number of nitrogens with one attached hydrogen (secondary N) is 1. The Kier molecular flexibility index (Phi) is 6.29. The molecule has 0 bridgehead atoms. The number of anilines is 1. The molecule has 6 heteroatoms. The Morgan fingerprint density at radius 3 is 2.52 bits per heavy atom. The van der Waals surface area contributed by atoms with Crippen molar-refractivity contribution in [2.45, 2.75) is 13.0 Å². The summed E-state index contributed by atoms with van der Waals surface area (Å²) in [6.07, 6.45) is 0. The van der Waals surface area contributed by atoms with E-state index in [0.717, 1.165) is 43.2 Å². The molecular formula is C21H26FN3O2. The number of halogens is 1. The number of hydrogen-bond acceptors (Lipinski definition) is 4. The summed E-state index contributed by atoms with van der Waals surface area (Å²) in [5.41, 5.74) is 2.04. The first-order valence-corrected chi connectivity index (χ1v) is 9.21. The van der Waals surface area contributed by atoms with E-state index in [0.29, 0.717) is 6.54 Å². The maximum Gasteiger partial charge on any atom is 0.234 e. The highest BCUT2D eigenvalue weighted by molar-refractivity contribution is 5.78. The van der Waals surface area contributed by atoms with Crippen LogP contribution in [0.2, 0.25) is 0 Å². The summed E-state index contributed by atoms with van der Waals surface area (Å²) in [7, 11) is 1.67. The average Bonchev–Trinajstić information content (AvgIpc) is 2.69. The molecule has 27 heavy (non-hydrogen) atoms. The smallest absolute Gasteiger partial charge is 0.234 e. The predicted molar refractivity (Wildman–Crippen MR) is 105 cm³/mol. The number of rotatable bonds is 6. The maximum absolute atomic E-state index is 13.0. The fraction of sp³-hybridized carbons (Fsp3) is 0.381. The third kappa shape index (κ3) is 5.20. The van der Waals surface area contributed by atoms with Crippen molar-refractivity contribution >= 4 is 11.6 Å². The third-order valence-electron chi connectivity index (χ3n) is 4.91. The van der Waals surface area contributed by atoms with Gasteiger partial charge in [-0.3, -0.25) is 9.69 Å². The molecule has 1 fully saturated rings. The van der Waals surface area contributed by atoms with Crippen LogP contribution in [0.4, 0.5) is 10.1 Å². The van der Waals surface area contributed by atoms with Gasteiger partial charge in [0, 0.05) is 37.9 Å². The zero-order chi connectivity index (χ0) is 19.2. The molecule has 0 saturated carbocycles. The second kappa shape index (κ2) is 8.86. The number of hydrogen-bond donors (Lipinski definition) is 1. The van der Waals surface area contributed by atoms with Gasteiger partial charge in [-0.2, -0.15) is 0 Å². The number of amides is 1. The first kappa shape index (κ1) is 19.2. The lowest BCUT2D eigenvalue weighted by Gasteiger charge is -2.36. The summed E-state index contributed by atoms with van der Waals surface area (Å²) < 4.78 is 18.3. The summed E-state index contributed by atoms with van der Waals surface area (Å²) in [5.74, 6) is 0.567. The van der Waals surface area contributed by atoms with Gasteiger partial charge >= 0.3 is 0 Å².